The molecule has 2 rings (SSSR count). The second-order valence-electron chi connectivity index (χ2n) is 3.67. The molecule has 88 valence electrons. The lowest BCUT2D eigenvalue weighted by Crippen LogP contribution is -2.23. The quantitative estimate of drug-likeness (QED) is 0.848. The minimum atomic E-state index is -0.255. The van der Waals surface area contributed by atoms with Crippen molar-refractivity contribution in [3.63, 3.8) is 0 Å². The number of hydrogen-bond acceptors (Lipinski definition) is 2. The molecule has 17 heavy (non-hydrogen) atoms. The number of aryl methyl sites for hydroxylation is 1. The lowest BCUT2D eigenvalue weighted by molar-refractivity contribution is 0.0932. The summed E-state index contributed by atoms with van der Waals surface area (Å²) in [4.78, 5) is 11.8. The summed E-state index contributed by atoms with van der Waals surface area (Å²) in [6.45, 7) is 5.78. The van der Waals surface area contributed by atoms with E-state index >= 15 is 0 Å². The van der Waals surface area contributed by atoms with E-state index in [9.17, 15) is 4.79 Å². The largest absolute Gasteiger partial charge is 0.449 e. The summed E-state index contributed by atoms with van der Waals surface area (Å²) in [5, 5.41) is 4.05. The van der Waals surface area contributed by atoms with Crippen LogP contribution in [0.15, 0.2) is 35.3 Å². The van der Waals surface area contributed by atoms with Gasteiger partial charge in [0, 0.05) is 17.5 Å². The van der Waals surface area contributed by atoms with Crippen molar-refractivity contribution in [2.24, 2.45) is 0 Å². The molecule has 1 heterocycles. The molecule has 0 spiro atoms. The third-order valence-electron chi connectivity index (χ3n) is 2.53. The molecule has 0 saturated carbocycles. The maximum atomic E-state index is 11.8. The molecule has 3 nitrogen and oxygen atoms in total. The Balaban J connectivity index is 2.48. The summed E-state index contributed by atoms with van der Waals surface area (Å²) in [6.07, 6.45) is 1.61. The number of para-hydroxylation sites is 1. The zero-order valence-electron chi connectivity index (χ0n) is 9.42. The second-order valence-corrected chi connectivity index (χ2v) is 4.08. The standard InChI is InChI=1S/C13H12ClNO2/c1-3-7-15-13(16)11-8(2)9-5-4-6-10(14)12(9)17-11/h3-6H,1,7H2,2H3,(H,15,16). The molecule has 0 saturated heterocycles. The molecule has 2 aromatic rings. The van der Waals surface area contributed by atoms with Crippen LogP contribution < -0.4 is 5.32 Å². The Morgan fingerprint density at radius 3 is 3.00 bits per heavy atom. The van der Waals surface area contributed by atoms with Gasteiger partial charge in [-0.1, -0.05) is 29.8 Å². The molecule has 0 aliphatic heterocycles. The highest BCUT2D eigenvalue weighted by Gasteiger charge is 2.18. The van der Waals surface area contributed by atoms with E-state index in [0.29, 0.717) is 22.9 Å². The van der Waals surface area contributed by atoms with Gasteiger partial charge >= 0.3 is 0 Å². The van der Waals surface area contributed by atoms with Gasteiger partial charge in [0.05, 0.1) is 5.02 Å². The molecule has 0 bridgehead atoms. The van der Waals surface area contributed by atoms with Crippen molar-refractivity contribution in [2.75, 3.05) is 6.54 Å². The number of furan rings is 1. The smallest absolute Gasteiger partial charge is 0.287 e. The molecule has 0 radical (unpaired) electrons. The van der Waals surface area contributed by atoms with Gasteiger partial charge in [-0.05, 0) is 13.0 Å². The van der Waals surface area contributed by atoms with Gasteiger partial charge < -0.3 is 9.73 Å². The summed E-state index contributed by atoms with van der Waals surface area (Å²) < 4.78 is 5.51. The lowest BCUT2D eigenvalue weighted by atomic mass is 10.1. The van der Waals surface area contributed by atoms with Crippen LogP contribution in [0, 0.1) is 6.92 Å². The summed E-state index contributed by atoms with van der Waals surface area (Å²) in [5.74, 6) is 0.0459. The average Bonchev–Trinajstić information content (AvgIpc) is 2.66. The van der Waals surface area contributed by atoms with Gasteiger partial charge in [0.15, 0.2) is 11.3 Å². The van der Waals surface area contributed by atoms with Gasteiger partial charge in [0.1, 0.15) is 0 Å². The van der Waals surface area contributed by atoms with E-state index in [1.807, 2.05) is 19.1 Å². The number of carbonyl (C=O) groups excluding carboxylic acids is 1. The van der Waals surface area contributed by atoms with Gasteiger partial charge in [-0.3, -0.25) is 4.79 Å². The SMILES string of the molecule is C=CCNC(=O)c1oc2c(Cl)cccc2c1C. The van der Waals surface area contributed by atoms with Gasteiger partial charge in [-0.25, -0.2) is 0 Å². The first-order valence-electron chi connectivity index (χ1n) is 5.22. The van der Waals surface area contributed by atoms with Crippen molar-refractivity contribution in [3.8, 4) is 0 Å². The van der Waals surface area contributed by atoms with Gasteiger partial charge in [0.25, 0.3) is 5.91 Å². The minimum Gasteiger partial charge on any atom is -0.449 e. The van der Waals surface area contributed by atoms with Crippen molar-refractivity contribution in [2.45, 2.75) is 6.92 Å². The van der Waals surface area contributed by atoms with E-state index in [4.69, 9.17) is 16.0 Å². The molecule has 4 heteroatoms. The van der Waals surface area contributed by atoms with Crippen LogP contribution in [0.1, 0.15) is 16.1 Å². The first-order valence-corrected chi connectivity index (χ1v) is 5.59. The van der Waals surface area contributed by atoms with E-state index in [2.05, 4.69) is 11.9 Å². The molecule has 0 aliphatic rings. The average molecular weight is 250 g/mol. The molecule has 1 N–H and O–H groups in total. The summed E-state index contributed by atoms with van der Waals surface area (Å²) in [7, 11) is 0. The third-order valence-corrected chi connectivity index (χ3v) is 2.83. The third kappa shape index (κ3) is 2.06. The molecule has 0 aliphatic carbocycles. The second kappa shape index (κ2) is 4.63. The predicted molar refractivity (Wildman–Crippen MR) is 68.5 cm³/mol. The Morgan fingerprint density at radius 2 is 2.35 bits per heavy atom. The first kappa shape index (κ1) is 11.7. The zero-order valence-corrected chi connectivity index (χ0v) is 10.2. The Kier molecular flexibility index (Phi) is 3.20. The molecule has 1 aromatic carbocycles. The molecule has 1 amide bonds. The molecule has 0 atom stereocenters. The first-order chi connectivity index (χ1) is 8.15. The predicted octanol–water partition coefficient (Wildman–Crippen LogP) is 3.31. The lowest BCUT2D eigenvalue weighted by Gasteiger charge is -1.98. The van der Waals surface area contributed by atoms with Crippen molar-refractivity contribution in [1.82, 2.24) is 5.32 Å². The van der Waals surface area contributed by atoms with E-state index in [-0.39, 0.29) is 5.91 Å². The fourth-order valence-corrected chi connectivity index (χ4v) is 1.88. The molecule has 1 aromatic heterocycles. The fourth-order valence-electron chi connectivity index (χ4n) is 1.67. The van der Waals surface area contributed by atoms with Crippen molar-refractivity contribution in [1.29, 1.82) is 0 Å². The van der Waals surface area contributed by atoms with Crippen molar-refractivity contribution in [3.05, 3.63) is 47.2 Å². The normalized spacial score (nSPS) is 10.5. The monoisotopic (exact) mass is 249 g/mol. The number of nitrogens with one attached hydrogen (secondary N) is 1. The Labute approximate surface area is 104 Å². The van der Waals surface area contributed by atoms with E-state index in [1.165, 1.54) is 0 Å². The zero-order chi connectivity index (χ0) is 12.4. The van der Waals surface area contributed by atoms with Crippen molar-refractivity contribution >= 4 is 28.5 Å². The summed E-state index contributed by atoms with van der Waals surface area (Å²) in [6, 6.07) is 5.45. The number of halogens is 1. The summed E-state index contributed by atoms with van der Waals surface area (Å²) in [5.41, 5.74) is 1.35. The van der Waals surface area contributed by atoms with Crippen LogP contribution in [0.3, 0.4) is 0 Å². The maximum Gasteiger partial charge on any atom is 0.287 e. The Bertz CT molecular complexity index is 586. The van der Waals surface area contributed by atoms with E-state index < -0.39 is 0 Å². The molecular formula is C13H12ClNO2. The highest BCUT2D eigenvalue weighted by Crippen LogP contribution is 2.30. The van der Waals surface area contributed by atoms with Gasteiger partial charge in [-0.15, -0.1) is 6.58 Å². The van der Waals surface area contributed by atoms with Crippen LogP contribution in [0.5, 0.6) is 0 Å². The number of fused-ring (bicyclic) bond motifs is 1. The van der Waals surface area contributed by atoms with Crippen LogP contribution in [0.2, 0.25) is 5.02 Å². The topological polar surface area (TPSA) is 42.2 Å². The van der Waals surface area contributed by atoms with Crippen LogP contribution in [0.25, 0.3) is 11.0 Å². The highest BCUT2D eigenvalue weighted by molar-refractivity contribution is 6.35. The van der Waals surface area contributed by atoms with Gasteiger partial charge in [0.2, 0.25) is 0 Å². The molecular weight excluding hydrogens is 238 g/mol. The number of carbonyl (C=O) groups is 1. The number of hydrogen-bond donors (Lipinski definition) is 1. The number of rotatable bonds is 3. The fraction of sp³-hybridized carbons (Fsp3) is 0.154. The number of benzene rings is 1. The molecule has 0 unspecified atom stereocenters. The number of amides is 1. The van der Waals surface area contributed by atoms with Gasteiger partial charge in [-0.2, -0.15) is 0 Å². The van der Waals surface area contributed by atoms with E-state index in [1.54, 1.807) is 12.1 Å². The van der Waals surface area contributed by atoms with Crippen LogP contribution in [-0.4, -0.2) is 12.5 Å². The van der Waals surface area contributed by atoms with E-state index in [0.717, 1.165) is 10.9 Å². The molecule has 0 fully saturated rings. The maximum absolute atomic E-state index is 11.8. The van der Waals surface area contributed by atoms with Crippen LogP contribution in [0.4, 0.5) is 0 Å². The minimum absolute atomic E-state index is 0.255. The Morgan fingerprint density at radius 1 is 1.59 bits per heavy atom. The Hall–Kier alpha value is -1.74. The van der Waals surface area contributed by atoms with Crippen LogP contribution in [-0.2, 0) is 0 Å². The van der Waals surface area contributed by atoms with Crippen LogP contribution >= 0.6 is 11.6 Å². The highest BCUT2D eigenvalue weighted by atomic mass is 35.5. The summed E-state index contributed by atoms with van der Waals surface area (Å²) >= 11 is 6.01. The van der Waals surface area contributed by atoms with Crippen molar-refractivity contribution < 1.29 is 9.21 Å².